The van der Waals surface area contributed by atoms with E-state index in [4.69, 9.17) is 5.11 Å². The molecule has 1 atom stereocenters. The van der Waals surface area contributed by atoms with Gasteiger partial charge in [0.05, 0.1) is 6.42 Å². The van der Waals surface area contributed by atoms with Crippen LogP contribution < -0.4 is 5.32 Å². The van der Waals surface area contributed by atoms with Gasteiger partial charge in [0.15, 0.2) is 0 Å². The Morgan fingerprint density at radius 2 is 1.69 bits per heavy atom. The van der Waals surface area contributed by atoms with Gasteiger partial charge in [-0.05, 0) is 17.8 Å². The molecular formula is C12H21NO3. The fourth-order valence-corrected chi connectivity index (χ4v) is 2.49. The van der Waals surface area contributed by atoms with Crippen molar-refractivity contribution in [3.8, 4) is 0 Å². The Balaban J connectivity index is 2.53. The largest absolute Gasteiger partial charge is 0.481 e. The molecule has 0 heterocycles. The van der Waals surface area contributed by atoms with Crippen molar-refractivity contribution in [2.45, 2.75) is 47.1 Å². The summed E-state index contributed by atoms with van der Waals surface area (Å²) in [7, 11) is 0. The SMILES string of the molecule is CC(CC(=O)O)NC(=O)C1C(C)(C)C1(C)C. The molecule has 1 amide bonds. The van der Waals surface area contributed by atoms with E-state index in [0.29, 0.717) is 0 Å². The molecule has 16 heavy (non-hydrogen) atoms. The molecule has 0 aromatic carbocycles. The molecule has 0 aromatic heterocycles. The number of carbonyl (C=O) groups is 2. The molecule has 1 rings (SSSR count). The van der Waals surface area contributed by atoms with Crippen LogP contribution in [-0.2, 0) is 9.59 Å². The molecule has 1 unspecified atom stereocenters. The first-order chi connectivity index (χ1) is 7.10. The van der Waals surface area contributed by atoms with Crippen LogP contribution in [0.2, 0.25) is 0 Å². The van der Waals surface area contributed by atoms with Crippen molar-refractivity contribution in [3.05, 3.63) is 0 Å². The van der Waals surface area contributed by atoms with E-state index in [1.165, 1.54) is 0 Å². The summed E-state index contributed by atoms with van der Waals surface area (Å²) in [5.74, 6) is -0.929. The molecule has 0 aliphatic heterocycles. The van der Waals surface area contributed by atoms with Crippen LogP contribution in [0.3, 0.4) is 0 Å². The van der Waals surface area contributed by atoms with Crippen LogP contribution in [0.15, 0.2) is 0 Å². The highest BCUT2D eigenvalue weighted by Crippen LogP contribution is 2.68. The van der Waals surface area contributed by atoms with E-state index in [1.54, 1.807) is 6.92 Å². The number of nitrogens with one attached hydrogen (secondary N) is 1. The number of carboxylic acid groups (broad SMARTS) is 1. The van der Waals surface area contributed by atoms with Crippen LogP contribution in [0.5, 0.6) is 0 Å². The Labute approximate surface area is 96.4 Å². The van der Waals surface area contributed by atoms with Gasteiger partial charge in [0.25, 0.3) is 0 Å². The molecule has 1 fully saturated rings. The van der Waals surface area contributed by atoms with Crippen LogP contribution >= 0.6 is 0 Å². The molecule has 4 nitrogen and oxygen atoms in total. The zero-order valence-electron chi connectivity index (χ0n) is 10.6. The van der Waals surface area contributed by atoms with Crippen molar-refractivity contribution < 1.29 is 14.7 Å². The summed E-state index contributed by atoms with van der Waals surface area (Å²) in [4.78, 5) is 22.4. The molecule has 0 saturated heterocycles. The van der Waals surface area contributed by atoms with Crippen LogP contribution in [-0.4, -0.2) is 23.0 Å². The summed E-state index contributed by atoms with van der Waals surface area (Å²) in [6, 6.07) is -0.308. The molecule has 2 N–H and O–H groups in total. The maximum Gasteiger partial charge on any atom is 0.305 e. The molecule has 1 aliphatic carbocycles. The summed E-state index contributed by atoms with van der Waals surface area (Å²) in [6.07, 6.45) is -0.0285. The normalized spacial score (nSPS) is 23.6. The summed E-state index contributed by atoms with van der Waals surface area (Å²) >= 11 is 0. The summed E-state index contributed by atoms with van der Waals surface area (Å²) < 4.78 is 0. The first kappa shape index (κ1) is 13.0. The highest BCUT2D eigenvalue weighted by atomic mass is 16.4. The fraction of sp³-hybridized carbons (Fsp3) is 0.833. The summed E-state index contributed by atoms with van der Waals surface area (Å²) in [5, 5.41) is 11.4. The van der Waals surface area contributed by atoms with E-state index in [1.807, 2.05) is 0 Å². The number of carboxylic acids is 1. The Morgan fingerprint density at radius 1 is 1.25 bits per heavy atom. The van der Waals surface area contributed by atoms with Gasteiger partial charge in [-0.1, -0.05) is 27.7 Å². The number of aliphatic carboxylic acids is 1. The van der Waals surface area contributed by atoms with Crippen LogP contribution in [0, 0.1) is 16.7 Å². The number of hydrogen-bond donors (Lipinski definition) is 2. The monoisotopic (exact) mass is 227 g/mol. The maximum absolute atomic E-state index is 11.9. The van der Waals surface area contributed by atoms with Crippen LogP contribution in [0.4, 0.5) is 0 Å². The second kappa shape index (κ2) is 3.75. The Bertz CT molecular complexity index is 306. The number of rotatable bonds is 4. The van der Waals surface area contributed by atoms with E-state index in [2.05, 4.69) is 33.0 Å². The van der Waals surface area contributed by atoms with Crippen molar-refractivity contribution in [1.29, 1.82) is 0 Å². The minimum atomic E-state index is -0.887. The lowest BCUT2D eigenvalue weighted by atomic mass is 10.0. The number of carbonyl (C=O) groups excluding carboxylic acids is 1. The van der Waals surface area contributed by atoms with Crippen molar-refractivity contribution in [3.63, 3.8) is 0 Å². The first-order valence-electron chi connectivity index (χ1n) is 5.63. The fourth-order valence-electron chi connectivity index (χ4n) is 2.49. The van der Waals surface area contributed by atoms with Crippen molar-refractivity contribution in [1.82, 2.24) is 5.32 Å². The Morgan fingerprint density at radius 3 is 2.00 bits per heavy atom. The van der Waals surface area contributed by atoms with Gasteiger partial charge in [-0.3, -0.25) is 9.59 Å². The molecule has 0 aromatic rings. The van der Waals surface area contributed by atoms with Crippen molar-refractivity contribution >= 4 is 11.9 Å². The molecule has 0 radical (unpaired) electrons. The zero-order chi connectivity index (χ0) is 12.7. The number of amides is 1. The third kappa shape index (κ3) is 2.06. The minimum absolute atomic E-state index is 0.0000267. The van der Waals surface area contributed by atoms with Gasteiger partial charge in [0.2, 0.25) is 5.91 Å². The van der Waals surface area contributed by atoms with Gasteiger partial charge in [0.1, 0.15) is 0 Å². The smallest absolute Gasteiger partial charge is 0.305 e. The minimum Gasteiger partial charge on any atom is -0.481 e. The molecule has 92 valence electrons. The Kier molecular flexibility index (Phi) is 3.05. The molecule has 0 spiro atoms. The quantitative estimate of drug-likeness (QED) is 0.767. The predicted octanol–water partition coefficient (Wildman–Crippen LogP) is 1.65. The average molecular weight is 227 g/mol. The third-order valence-electron chi connectivity index (χ3n) is 4.15. The van der Waals surface area contributed by atoms with Gasteiger partial charge < -0.3 is 10.4 Å². The zero-order valence-corrected chi connectivity index (χ0v) is 10.6. The molecule has 1 aliphatic rings. The lowest BCUT2D eigenvalue weighted by Crippen LogP contribution is -2.36. The second-order valence-corrected chi connectivity index (χ2v) is 5.88. The Hall–Kier alpha value is -1.06. The van der Waals surface area contributed by atoms with E-state index in [9.17, 15) is 9.59 Å². The number of hydrogen-bond acceptors (Lipinski definition) is 2. The average Bonchev–Trinajstić information content (AvgIpc) is 2.39. The van der Waals surface area contributed by atoms with Gasteiger partial charge in [0, 0.05) is 12.0 Å². The standard InChI is InChI=1S/C12H21NO3/c1-7(6-8(14)15)13-10(16)9-11(2,3)12(9,4)5/h7,9H,6H2,1-5H3,(H,13,16)(H,14,15). The van der Waals surface area contributed by atoms with E-state index >= 15 is 0 Å². The molecular weight excluding hydrogens is 206 g/mol. The lowest BCUT2D eigenvalue weighted by molar-refractivity contribution is -0.137. The van der Waals surface area contributed by atoms with Crippen LogP contribution in [0.1, 0.15) is 41.0 Å². The van der Waals surface area contributed by atoms with Crippen molar-refractivity contribution in [2.24, 2.45) is 16.7 Å². The lowest BCUT2D eigenvalue weighted by Gasteiger charge is -2.12. The van der Waals surface area contributed by atoms with Gasteiger partial charge in [-0.2, -0.15) is 0 Å². The summed E-state index contributed by atoms with van der Waals surface area (Å²) in [5.41, 5.74) is 0.0000534. The molecule has 0 bridgehead atoms. The highest BCUT2D eigenvalue weighted by molar-refractivity contribution is 5.84. The molecule has 1 saturated carbocycles. The third-order valence-corrected chi connectivity index (χ3v) is 4.15. The van der Waals surface area contributed by atoms with Gasteiger partial charge in [-0.15, -0.1) is 0 Å². The second-order valence-electron chi connectivity index (χ2n) is 5.88. The van der Waals surface area contributed by atoms with E-state index < -0.39 is 5.97 Å². The van der Waals surface area contributed by atoms with Crippen LogP contribution in [0.25, 0.3) is 0 Å². The van der Waals surface area contributed by atoms with E-state index in [-0.39, 0.29) is 35.1 Å². The van der Waals surface area contributed by atoms with Crippen molar-refractivity contribution in [2.75, 3.05) is 0 Å². The summed E-state index contributed by atoms with van der Waals surface area (Å²) in [6.45, 7) is 9.99. The highest BCUT2D eigenvalue weighted by Gasteiger charge is 2.68. The maximum atomic E-state index is 11.9. The van der Waals surface area contributed by atoms with Gasteiger partial charge in [-0.25, -0.2) is 0 Å². The molecule has 4 heteroatoms. The predicted molar refractivity (Wildman–Crippen MR) is 60.9 cm³/mol. The first-order valence-corrected chi connectivity index (χ1v) is 5.63. The topological polar surface area (TPSA) is 66.4 Å². The van der Waals surface area contributed by atoms with Gasteiger partial charge >= 0.3 is 5.97 Å². The van der Waals surface area contributed by atoms with E-state index in [0.717, 1.165) is 0 Å².